The molecule has 1 aromatic rings. The van der Waals surface area contributed by atoms with Crippen LogP contribution in [0.25, 0.3) is 5.76 Å². The smallest absolute Gasteiger partial charge is 0.454 e. The van der Waals surface area contributed by atoms with Gasteiger partial charge < -0.3 is 5.11 Å². The van der Waals surface area contributed by atoms with E-state index in [-0.39, 0.29) is 11.6 Å². The molecule has 0 spiro atoms. The van der Waals surface area contributed by atoms with Crippen LogP contribution >= 0.6 is 0 Å². The van der Waals surface area contributed by atoms with E-state index < -0.39 is 23.5 Å². The molecule has 0 fully saturated rings. The number of rotatable bonds is 2. The molecule has 0 atom stereocenters. The summed E-state index contributed by atoms with van der Waals surface area (Å²) >= 11 is 0. The molecule has 0 bridgehead atoms. The SMILES string of the molecule is O=C(/C=C(/O)c1ccc(F)cc1)C(F)(F)F. The average Bonchev–Trinajstić information content (AvgIpc) is 2.17. The number of aliphatic hydroxyl groups is 1. The number of benzene rings is 1. The molecular formula is C10H6F4O2. The zero-order chi connectivity index (χ0) is 12.3. The first-order valence-corrected chi connectivity index (χ1v) is 4.08. The third kappa shape index (κ3) is 3.08. The van der Waals surface area contributed by atoms with E-state index in [9.17, 15) is 22.4 Å². The van der Waals surface area contributed by atoms with E-state index >= 15 is 0 Å². The molecule has 16 heavy (non-hydrogen) atoms. The minimum absolute atomic E-state index is 0.0488. The number of aliphatic hydroxyl groups excluding tert-OH is 1. The highest BCUT2D eigenvalue weighted by Gasteiger charge is 2.36. The molecule has 0 radical (unpaired) electrons. The van der Waals surface area contributed by atoms with Gasteiger partial charge in [0.2, 0.25) is 0 Å². The van der Waals surface area contributed by atoms with Gasteiger partial charge >= 0.3 is 6.18 Å². The summed E-state index contributed by atoms with van der Waals surface area (Å²) in [6.45, 7) is 0. The van der Waals surface area contributed by atoms with Crippen LogP contribution < -0.4 is 0 Å². The van der Waals surface area contributed by atoms with Crippen molar-refractivity contribution in [1.29, 1.82) is 0 Å². The molecule has 0 aliphatic carbocycles. The Hall–Kier alpha value is -1.85. The second-order valence-corrected chi connectivity index (χ2v) is 2.90. The molecule has 0 saturated heterocycles. The van der Waals surface area contributed by atoms with Gasteiger partial charge in [-0.05, 0) is 24.3 Å². The van der Waals surface area contributed by atoms with Gasteiger partial charge in [-0.3, -0.25) is 4.79 Å². The van der Waals surface area contributed by atoms with E-state index in [1.165, 1.54) is 0 Å². The quantitative estimate of drug-likeness (QED) is 0.485. The van der Waals surface area contributed by atoms with E-state index in [4.69, 9.17) is 5.11 Å². The van der Waals surface area contributed by atoms with Gasteiger partial charge in [0.05, 0.1) is 0 Å². The van der Waals surface area contributed by atoms with Crippen LogP contribution in [0.2, 0.25) is 0 Å². The van der Waals surface area contributed by atoms with Crippen LogP contribution in [-0.4, -0.2) is 17.1 Å². The van der Waals surface area contributed by atoms with Crippen LogP contribution in [-0.2, 0) is 4.79 Å². The van der Waals surface area contributed by atoms with Crippen molar-refractivity contribution in [3.05, 3.63) is 41.7 Å². The van der Waals surface area contributed by atoms with Crippen molar-refractivity contribution in [2.75, 3.05) is 0 Å². The summed E-state index contributed by atoms with van der Waals surface area (Å²) in [5.74, 6) is -3.63. The number of alkyl halides is 3. The number of allylic oxidation sites excluding steroid dienone is 1. The molecule has 86 valence electrons. The first-order valence-electron chi connectivity index (χ1n) is 4.08. The Morgan fingerprint density at radius 2 is 1.69 bits per heavy atom. The zero-order valence-corrected chi connectivity index (χ0v) is 7.75. The zero-order valence-electron chi connectivity index (χ0n) is 7.75. The van der Waals surface area contributed by atoms with Crippen LogP contribution in [0.5, 0.6) is 0 Å². The van der Waals surface area contributed by atoms with Crippen LogP contribution in [0, 0.1) is 5.82 Å². The highest BCUT2D eigenvalue weighted by molar-refractivity contribution is 5.99. The number of hydrogen-bond acceptors (Lipinski definition) is 2. The number of halogens is 4. The first kappa shape index (κ1) is 12.2. The molecule has 0 aromatic heterocycles. The van der Waals surface area contributed by atoms with Crippen molar-refractivity contribution in [3.8, 4) is 0 Å². The molecule has 0 heterocycles. The van der Waals surface area contributed by atoms with Crippen molar-refractivity contribution < 1.29 is 27.5 Å². The maximum absolute atomic E-state index is 12.5. The van der Waals surface area contributed by atoms with E-state index in [1.54, 1.807) is 0 Å². The van der Waals surface area contributed by atoms with Gasteiger partial charge in [0, 0.05) is 11.6 Å². The van der Waals surface area contributed by atoms with Crippen LogP contribution in [0.1, 0.15) is 5.56 Å². The molecule has 0 aliphatic rings. The highest BCUT2D eigenvalue weighted by atomic mass is 19.4. The predicted molar refractivity (Wildman–Crippen MR) is 48.1 cm³/mol. The molecular weight excluding hydrogens is 228 g/mol. The molecule has 2 nitrogen and oxygen atoms in total. The molecule has 1 aromatic carbocycles. The lowest BCUT2D eigenvalue weighted by atomic mass is 10.1. The Bertz CT molecular complexity index is 417. The lowest BCUT2D eigenvalue weighted by Crippen LogP contribution is -2.20. The third-order valence-electron chi connectivity index (χ3n) is 1.69. The maximum Gasteiger partial charge on any atom is 0.454 e. The minimum Gasteiger partial charge on any atom is -0.507 e. The summed E-state index contributed by atoms with van der Waals surface area (Å²) in [6.07, 6.45) is -4.98. The Morgan fingerprint density at radius 3 is 2.12 bits per heavy atom. The minimum atomic E-state index is -5.03. The van der Waals surface area contributed by atoms with Gasteiger partial charge in [-0.2, -0.15) is 13.2 Å². The largest absolute Gasteiger partial charge is 0.507 e. The van der Waals surface area contributed by atoms with Crippen molar-refractivity contribution in [3.63, 3.8) is 0 Å². The van der Waals surface area contributed by atoms with Crippen molar-refractivity contribution in [2.24, 2.45) is 0 Å². The third-order valence-corrected chi connectivity index (χ3v) is 1.69. The van der Waals surface area contributed by atoms with E-state index in [0.29, 0.717) is 0 Å². The fraction of sp³-hybridized carbons (Fsp3) is 0.100. The lowest BCUT2D eigenvalue weighted by molar-refractivity contribution is -0.165. The number of carbonyl (C=O) groups excluding carboxylic acids is 1. The lowest BCUT2D eigenvalue weighted by Gasteiger charge is -2.02. The van der Waals surface area contributed by atoms with E-state index in [1.807, 2.05) is 0 Å². The van der Waals surface area contributed by atoms with Crippen LogP contribution in [0.4, 0.5) is 17.6 Å². The van der Waals surface area contributed by atoms with Crippen LogP contribution in [0.3, 0.4) is 0 Å². The van der Waals surface area contributed by atoms with Gasteiger partial charge in [0.15, 0.2) is 0 Å². The van der Waals surface area contributed by atoms with Crippen LogP contribution in [0.15, 0.2) is 30.3 Å². The molecule has 0 amide bonds. The van der Waals surface area contributed by atoms with Gasteiger partial charge in [-0.15, -0.1) is 0 Å². The van der Waals surface area contributed by atoms with E-state index in [2.05, 4.69) is 0 Å². The molecule has 0 unspecified atom stereocenters. The summed E-state index contributed by atoms with van der Waals surface area (Å²) in [6, 6.07) is 4.03. The molecule has 1 N–H and O–H groups in total. The summed E-state index contributed by atoms with van der Waals surface area (Å²) in [5, 5.41) is 9.16. The summed E-state index contributed by atoms with van der Waals surface area (Å²) in [7, 11) is 0. The van der Waals surface area contributed by atoms with Gasteiger partial charge in [-0.25, -0.2) is 4.39 Å². The molecule has 6 heteroatoms. The Morgan fingerprint density at radius 1 is 1.19 bits per heavy atom. The van der Waals surface area contributed by atoms with E-state index in [0.717, 1.165) is 24.3 Å². The standard InChI is InChI=1S/C10H6F4O2/c11-7-3-1-6(2-4-7)8(15)5-9(16)10(12,13)14/h1-5,15H/b8-5+. The fourth-order valence-corrected chi connectivity index (χ4v) is 0.910. The van der Waals surface area contributed by atoms with Crippen molar-refractivity contribution in [1.82, 2.24) is 0 Å². The predicted octanol–water partition coefficient (Wildman–Crippen LogP) is 2.86. The molecule has 0 saturated carbocycles. The summed E-state index contributed by atoms with van der Waals surface area (Å²) < 4.78 is 47.9. The first-order chi connectivity index (χ1) is 7.30. The number of ketones is 1. The van der Waals surface area contributed by atoms with Gasteiger partial charge in [-0.1, -0.05) is 0 Å². The van der Waals surface area contributed by atoms with Crippen molar-refractivity contribution >= 4 is 11.5 Å². The topological polar surface area (TPSA) is 37.3 Å². The van der Waals surface area contributed by atoms with Gasteiger partial charge in [0.1, 0.15) is 11.6 Å². The number of hydrogen-bond donors (Lipinski definition) is 1. The summed E-state index contributed by atoms with van der Waals surface area (Å²) in [5.41, 5.74) is -0.0704. The Labute approximate surface area is 87.8 Å². The second kappa shape index (κ2) is 4.34. The Balaban J connectivity index is 2.94. The number of carbonyl (C=O) groups is 1. The highest BCUT2D eigenvalue weighted by Crippen LogP contribution is 2.19. The normalized spacial score (nSPS) is 12.6. The summed E-state index contributed by atoms with van der Waals surface area (Å²) in [4.78, 5) is 10.5. The van der Waals surface area contributed by atoms with Crippen molar-refractivity contribution in [2.45, 2.75) is 6.18 Å². The monoisotopic (exact) mass is 234 g/mol. The molecule has 0 aliphatic heterocycles. The Kier molecular flexibility index (Phi) is 3.31. The maximum atomic E-state index is 12.5. The molecule has 1 rings (SSSR count). The fourth-order valence-electron chi connectivity index (χ4n) is 0.910. The average molecular weight is 234 g/mol. The second-order valence-electron chi connectivity index (χ2n) is 2.90. The van der Waals surface area contributed by atoms with Gasteiger partial charge in [0.25, 0.3) is 5.78 Å².